The average molecular weight is 351 g/mol. The highest BCUT2D eigenvalue weighted by Gasteiger charge is 2.16. The largest absolute Gasteiger partial charge is 0.467 e. The molecule has 2 N–H and O–H groups in total. The third-order valence-corrected chi connectivity index (χ3v) is 4.15. The van der Waals surface area contributed by atoms with E-state index < -0.39 is 0 Å². The van der Waals surface area contributed by atoms with Gasteiger partial charge >= 0.3 is 0 Å². The second-order valence-corrected chi connectivity index (χ2v) is 6.17. The summed E-state index contributed by atoms with van der Waals surface area (Å²) < 4.78 is 7.44. The SMILES string of the molecule is CC(=O)Nc1cccc(NC(=O)c2cc(C)n(Cc3ccco3)c2C)c1. The van der Waals surface area contributed by atoms with Crippen molar-refractivity contribution >= 4 is 23.2 Å². The summed E-state index contributed by atoms with van der Waals surface area (Å²) in [6.45, 7) is 5.90. The van der Waals surface area contributed by atoms with Gasteiger partial charge in [-0.05, 0) is 50.2 Å². The van der Waals surface area contributed by atoms with E-state index in [0.717, 1.165) is 17.1 Å². The molecule has 0 fully saturated rings. The Balaban J connectivity index is 1.79. The minimum absolute atomic E-state index is 0.157. The van der Waals surface area contributed by atoms with E-state index in [-0.39, 0.29) is 11.8 Å². The number of hydrogen-bond donors (Lipinski definition) is 2. The molecule has 0 bridgehead atoms. The van der Waals surface area contributed by atoms with Gasteiger partial charge in [0.05, 0.1) is 18.4 Å². The van der Waals surface area contributed by atoms with Gasteiger partial charge in [0, 0.05) is 29.7 Å². The van der Waals surface area contributed by atoms with Gasteiger partial charge in [-0.1, -0.05) is 6.07 Å². The first-order valence-electron chi connectivity index (χ1n) is 8.32. The van der Waals surface area contributed by atoms with Crippen molar-refractivity contribution in [1.29, 1.82) is 0 Å². The molecule has 2 amide bonds. The molecule has 0 spiro atoms. The molecule has 134 valence electrons. The molecular formula is C20H21N3O3. The normalized spacial score (nSPS) is 10.6. The maximum atomic E-state index is 12.7. The van der Waals surface area contributed by atoms with Gasteiger partial charge in [0.1, 0.15) is 5.76 Å². The van der Waals surface area contributed by atoms with Gasteiger partial charge in [-0.25, -0.2) is 0 Å². The quantitative estimate of drug-likeness (QED) is 0.730. The smallest absolute Gasteiger partial charge is 0.257 e. The van der Waals surface area contributed by atoms with Crippen molar-refractivity contribution in [3.8, 4) is 0 Å². The maximum Gasteiger partial charge on any atom is 0.257 e. The van der Waals surface area contributed by atoms with Crippen LogP contribution in [0.15, 0.2) is 53.1 Å². The van der Waals surface area contributed by atoms with Crippen LogP contribution in [0.3, 0.4) is 0 Å². The van der Waals surface area contributed by atoms with Crippen molar-refractivity contribution in [2.75, 3.05) is 10.6 Å². The van der Waals surface area contributed by atoms with E-state index >= 15 is 0 Å². The van der Waals surface area contributed by atoms with Crippen LogP contribution in [0.5, 0.6) is 0 Å². The molecule has 0 saturated heterocycles. The van der Waals surface area contributed by atoms with Crippen LogP contribution in [0.1, 0.15) is 34.4 Å². The summed E-state index contributed by atoms with van der Waals surface area (Å²) in [7, 11) is 0. The molecule has 0 aliphatic heterocycles. The van der Waals surface area contributed by atoms with Gasteiger partial charge in [0.2, 0.25) is 5.91 Å². The lowest BCUT2D eigenvalue weighted by molar-refractivity contribution is -0.114. The van der Waals surface area contributed by atoms with E-state index in [1.54, 1.807) is 30.5 Å². The molecule has 2 heterocycles. The van der Waals surface area contributed by atoms with Crippen molar-refractivity contribution < 1.29 is 14.0 Å². The second kappa shape index (κ2) is 7.31. The molecule has 6 heteroatoms. The summed E-state index contributed by atoms with van der Waals surface area (Å²) in [6.07, 6.45) is 1.64. The van der Waals surface area contributed by atoms with Crippen LogP contribution in [0.2, 0.25) is 0 Å². The zero-order valence-corrected chi connectivity index (χ0v) is 15.0. The Bertz CT molecular complexity index is 939. The average Bonchev–Trinajstić information content (AvgIpc) is 3.18. The summed E-state index contributed by atoms with van der Waals surface area (Å²) in [5.74, 6) is 0.487. The number of carbonyl (C=O) groups is 2. The number of carbonyl (C=O) groups excluding carboxylic acids is 2. The van der Waals surface area contributed by atoms with Crippen molar-refractivity contribution in [3.05, 3.63) is 71.4 Å². The number of nitrogens with zero attached hydrogens (tertiary/aromatic N) is 1. The lowest BCUT2D eigenvalue weighted by Gasteiger charge is -2.09. The Hall–Kier alpha value is -3.28. The van der Waals surface area contributed by atoms with Crippen LogP contribution in [0.4, 0.5) is 11.4 Å². The van der Waals surface area contributed by atoms with Crippen LogP contribution in [-0.2, 0) is 11.3 Å². The molecule has 0 radical (unpaired) electrons. The molecule has 0 aliphatic rings. The number of hydrogen-bond acceptors (Lipinski definition) is 3. The van der Waals surface area contributed by atoms with Crippen LogP contribution in [0.25, 0.3) is 0 Å². The zero-order valence-electron chi connectivity index (χ0n) is 15.0. The first kappa shape index (κ1) is 17.5. The highest BCUT2D eigenvalue weighted by molar-refractivity contribution is 6.05. The van der Waals surface area contributed by atoms with Gasteiger partial charge in [0.15, 0.2) is 0 Å². The number of benzene rings is 1. The van der Waals surface area contributed by atoms with Crippen molar-refractivity contribution in [3.63, 3.8) is 0 Å². The van der Waals surface area contributed by atoms with E-state index in [1.807, 2.05) is 36.6 Å². The number of aromatic nitrogens is 1. The van der Waals surface area contributed by atoms with Crippen LogP contribution >= 0.6 is 0 Å². The number of furan rings is 1. The number of anilines is 2. The number of aryl methyl sites for hydroxylation is 1. The molecule has 6 nitrogen and oxygen atoms in total. The Labute approximate surface area is 151 Å². The van der Waals surface area contributed by atoms with E-state index in [2.05, 4.69) is 10.6 Å². The summed E-state index contributed by atoms with van der Waals surface area (Å²) in [4.78, 5) is 23.9. The fourth-order valence-corrected chi connectivity index (χ4v) is 2.91. The third kappa shape index (κ3) is 3.85. The Morgan fingerprint density at radius 2 is 1.77 bits per heavy atom. The fourth-order valence-electron chi connectivity index (χ4n) is 2.91. The summed E-state index contributed by atoms with van der Waals surface area (Å²) in [6, 6.07) is 12.7. The first-order chi connectivity index (χ1) is 12.4. The summed E-state index contributed by atoms with van der Waals surface area (Å²) in [5.41, 5.74) is 3.72. The molecule has 3 aromatic rings. The standard InChI is InChI=1S/C20H21N3O3/c1-13-10-19(14(2)23(13)12-18-8-5-9-26-18)20(25)22-17-7-4-6-16(11-17)21-15(3)24/h4-11H,12H2,1-3H3,(H,21,24)(H,22,25). The van der Waals surface area contributed by atoms with Crippen molar-refractivity contribution in [2.45, 2.75) is 27.3 Å². The van der Waals surface area contributed by atoms with E-state index in [0.29, 0.717) is 23.5 Å². The van der Waals surface area contributed by atoms with Gasteiger partial charge < -0.3 is 19.6 Å². The molecule has 0 atom stereocenters. The fraction of sp³-hybridized carbons (Fsp3) is 0.200. The Morgan fingerprint density at radius 3 is 2.42 bits per heavy atom. The molecular weight excluding hydrogens is 330 g/mol. The molecule has 0 saturated carbocycles. The van der Waals surface area contributed by atoms with Crippen LogP contribution in [0, 0.1) is 13.8 Å². The minimum atomic E-state index is -0.191. The van der Waals surface area contributed by atoms with Gasteiger partial charge in [-0.2, -0.15) is 0 Å². The topological polar surface area (TPSA) is 76.3 Å². The molecule has 0 unspecified atom stereocenters. The summed E-state index contributed by atoms with van der Waals surface area (Å²) >= 11 is 0. The second-order valence-electron chi connectivity index (χ2n) is 6.17. The third-order valence-electron chi connectivity index (χ3n) is 4.15. The predicted octanol–water partition coefficient (Wildman–Crippen LogP) is 3.96. The van der Waals surface area contributed by atoms with Crippen molar-refractivity contribution in [2.24, 2.45) is 0 Å². The maximum absolute atomic E-state index is 12.7. The molecule has 1 aromatic carbocycles. The molecule has 2 aromatic heterocycles. The first-order valence-corrected chi connectivity index (χ1v) is 8.32. The monoisotopic (exact) mass is 351 g/mol. The molecule has 3 rings (SSSR count). The van der Waals surface area contributed by atoms with E-state index in [1.165, 1.54) is 6.92 Å². The molecule has 26 heavy (non-hydrogen) atoms. The van der Waals surface area contributed by atoms with Gasteiger partial charge in [-0.15, -0.1) is 0 Å². The lowest BCUT2D eigenvalue weighted by Crippen LogP contribution is -2.14. The minimum Gasteiger partial charge on any atom is -0.467 e. The highest BCUT2D eigenvalue weighted by atomic mass is 16.3. The van der Waals surface area contributed by atoms with E-state index in [9.17, 15) is 9.59 Å². The predicted molar refractivity (Wildman–Crippen MR) is 100 cm³/mol. The van der Waals surface area contributed by atoms with Crippen LogP contribution < -0.4 is 10.6 Å². The number of amides is 2. The van der Waals surface area contributed by atoms with Crippen molar-refractivity contribution in [1.82, 2.24) is 4.57 Å². The number of nitrogens with one attached hydrogen (secondary N) is 2. The highest BCUT2D eigenvalue weighted by Crippen LogP contribution is 2.20. The number of rotatable bonds is 5. The molecule has 0 aliphatic carbocycles. The zero-order chi connectivity index (χ0) is 18.7. The lowest BCUT2D eigenvalue weighted by atomic mass is 10.2. The Morgan fingerprint density at radius 1 is 1.04 bits per heavy atom. The Kier molecular flexibility index (Phi) is 4.93. The van der Waals surface area contributed by atoms with E-state index in [4.69, 9.17) is 4.42 Å². The van der Waals surface area contributed by atoms with Gasteiger partial charge in [0.25, 0.3) is 5.91 Å². The summed E-state index contributed by atoms with van der Waals surface area (Å²) in [5, 5.41) is 5.59. The van der Waals surface area contributed by atoms with Crippen LogP contribution in [-0.4, -0.2) is 16.4 Å². The van der Waals surface area contributed by atoms with Gasteiger partial charge in [-0.3, -0.25) is 9.59 Å².